The van der Waals surface area contributed by atoms with Crippen LogP contribution in [0.3, 0.4) is 0 Å². The van der Waals surface area contributed by atoms with Crippen LogP contribution in [0.15, 0.2) is 48.9 Å². The molecule has 0 saturated heterocycles. The minimum absolute atomic E-state index is 0.0705. The van der Waals surface area contributed by atoms with E-state index in [0.717, 1.165) is 0 Å². The molecule has 0 radical (unpaired) electrons. The highest BCUT2D eigenvalue weighted by atomic mass is 35.5. The monoisotopic (exact) mass is 503 g/mol. The number of alkyl halides is 2. The van der Waals surface area contributed by atoms with E-state index < -0.39 is 23.8 Å². The number of aryl methyl sites for hydroxylation is 1. The molecule has 0 fully saturated rings. The first-order valence-corrected chi connectivity index (χ1v) is 10.4. The van der Waals surface area contributed by atoms with Crippen LogP contribution in [-0.2, 0) is 4.84 Å². The Kier molecular flexibility index (Phi) is 6.94. The molecule has 3 heterocycles. The number of nitrogens with zero attached hydrogens (tertiary/aromatic N) is 5. The Morgan fingerprint density at radius 1 is 1.17 bits per heavy atom. The SMILES string of the molecule is CONC(=O)c1cncc(-c2cnc(Nc3ccc(F)c(Cl)c3)nc2-n2nc(C(F)F)cc2C)c1. The van der Waals surface area contributed by atoms with Gasteiger partial charge in [0, 0.05) is 41.1 Å². The van der Waals surface area contributed by atoms with Gasteiger partial charge in [0.1, 0.15) is 11.5 Å². The summed E-state index contributed by atoms with van der Waals surface area (Å²) < 4.78 is 41.4. The van der Waals surface area contributed by atoms with Crippen molar-refractivity contribution in [2.45, 2.75) is 13.3 Å². The second kappa shape index (κ2) is 10.1. The summed E-state index contributed by atoms with van der Waals surface area (Å²) in [4.78, 5) is 29.6. The van der Waals surface area contributed by atoms with Gasteiger partial charge in [0.15, 0.2) is 5.82 Å². The van der Waals surface area contributed by atoms with Crippen LogP contribution in [0.5, 0.6) is 0 Å². The van der Waals surface area contributed by atoms with Crippen LogP contribution in [0, 0.1) is 12.7 Å². The number of hydroxylamine groups is 1. The van der Waals surface area contributed by atoms with E-state index in [0.29, 0.717) is 22.5 Å². The van der Waals surface area contributed by atoms with E-state index in [4.69, 9.17) is 11.6 Å². The third-order valence-corrected chi connectivity index (χ3v) is 5.07. The van der Waals surface area contributed by atoms with Gasteiger partial charge in [-0.3, -0.25) is 14.6 Å². The van der Waals surface area contributed by atoms with Gasteiger partial charge in [0.25, 0.3) is 12.3 Å². The molecule has 4 aromatic rings. The molecule has 35 heavy (non-hydrogen) atoms. The number of hydrogen-bond acceptors (Lipinski definition) is 7. The number of nitrogens with one attached hydrogen (secondary N) is 2. The number of carbonyl (C=O) groups is 1. The van der Waals surface area contributed by atoms with E-state index in [1.54, 1.807) is 6.92 Å². The first kappa shape index (κ1) is 24.1. The molecule has 0 aliphatic carbocycles. The summed E-state index contributed by atoms with van der Waals surface area (Å²) >= 11 is 5.84. The number of halogens is 4. The van der Waals surface area contributed by atoms with E-state index in [9.17, 15) is 18.0 Å². The first-order valence-electron chi connectivity index (χ1n) is 9.99. The summed E-state index contributed by atoms with van der Waals surface area (Å²) in [5, 5.41) is 6.78. The lowest BCUT2D eigenvalue weighted by molar-refractivity contribution is 0.0537. The molecule has 13 heteroatoms. The third kappa shape index (κ3) is 5.23. The molecule has 180 valence electrons. The zero-order valence-corrected chi connectivity index (χ0v) is 19.0. The van der Waals surface area contributed by atoms with Crippen LogP contribution in [0.1, 0.15) is 28.2 Å². The number of amides is 1. The molecule has 0 aliphatic rings. The molecule has 3 aromatic heterocycles. The molecular weight excluding hydrogens is 487 g/mol. The maximum atomic E-state index is 13.5. The fourth-order valence-corrected chi connectivity index (χ4v) is 3.36. The fraction of sp³-hybridized carbons (Fsp3) is 0.136. The molecule has 2 N–H and O–H groups in total. The summed E-state index contributed by atoms with van der Waals surface area (Å²) in [7, 11) is 1.29. The topological polar surface area (TPSA) is 107 Å². The van der Waals surface area contributed by atoms with E-state index in [-0.39, 0.29) is 22.4 Å². The van der Waals surface area contributed by atoms with Crippen molar-refractivity contribution in [1.82, 2.24) is 30.2 Å². The Balaban J connectivity index is 1.83. The van der Waals surface area contributed by atoms with Crippen molar-refractivity contribution >= 4 is 29.1 Å². The molecule has 0 aliphatic heterocycles. The van der Waals surface area contributed by atoms with E-state index >= 15 is 0 Å². The van der Waals surface area contributed by atoms with Crippen LogP contribution in [0.25, 0.3) is 16.9 Å². The van der Waals surface area contributed by atoms with Gasteiger partial charge in [0.2, 0.25) is 5.95 Å². The zero-order chi connectivity index (χ0) is 25.1. The summed E-state index contributed by atoms with van der Waals surface area (Å²) in [6.45, 7) is 1.60. The Labute approximate surface area is 201 Å². The quantitative estimate of drug-likeness (QED) is 0.349. The zero-order valence-electron chi connectivity index (χ0n) is 18.3. The van der Waals surface area contributed by atoms with Gasteiger partial charge >= 0.3 is 0 Å². The molecule has 0 unspecified atom stereocenters. The van der Waals surface area contributed by atoms with E-state index in [1.165, 1.54) is 60.7 Å². The van der Waals surface area contributed by atoms with Crippen LogP contribution >= 0.6 is 11.6 Å². The van der Waals surface area contributed by atoms with Gasteiger partial charge < -0.3 is 5.32 Å². The summed E-state index contributed by atoms with van der Waals surface area (Å²) in [5.74, 6) is -0.913. The molecular formula is C22H17ClF3N7O2. The maximum Gasteiger partial charge on any atom is 0.282 e. The van der Waals surface area contributed by atoms with Crippen LogP contribution in [0.4, 0.5) is 24.8 Å². The fourth-order valence-electron chi connectivity index (χ4n) is 3.18. The highest BCUT2D eigenvalue weighted by Crippen LogP contribution is 2.29. The minimum Gasteiger partial charge on any atom is -0.324 e. The largest absolute Gasteiger partial charge is 0.324 e. The molecule has 0 saturated carbocycles. The third-order valence-electron chi connectivity index (χ3n) is 4.78. The van der Waals surface area contributed by atoms with Crippen molar-refractivity contribution in [1.29, 1.82) is 0 Å². The lowest BCUT2D eigenvalue weighted by Crippen LogP contribution is -2.21. The van der Waals surface area contributed by atoms with Gasteiger partial charge in [-0.1, -0.05) is 11.6 Å². The molecule has 1 amide bonds. The van der Waals surface area contributed by atoms with E-state index in [2.05, 4.69) is 35.7 Å². The molecule has 0 spiro atoms. The Morgan fingerprint density at radius 3 is 2.66 bits per heavy atom. The molecule has 1 aromatic carbocycles. The van der Waals surface area contributed by atoms with Crippen molar-refractivity contribution in [2.75, 3.05) is 12.4 Å². The van der Waals surface area contributed by atoms with Crippen molar-refractivity contribution in [3.05, 3.63) is 76.7 Å². The van der Waals surface area contributed by atoms with Crippen molar-refractivity contribution in [3.8, 4) is 16.9 Å². The predicted octanol–water partition coefficient (Wildman–Crippen LogP) is 4.80. The second-order valence-corrected chi connectivity index (χ2v) is 7.61. The Morgan fingerprint density at radius 2 is 1.97 bits per heavy atom. The number of rotatable bonds is 7. The minimum atomic E-state index is -2.79. The summed E-state index contributed by atoms with van der Waals surface area (Å²) in [5.41, 5.74) is 3.52. The smallest absolute Gasteiger partial charge is 0.282 e. The van der Waals surface area contributed by atoms with Gasteiger partial charge in [-0.15, -0.1) is 0 Å². The standard InChI is InChI=1S/C22H17ClF3N7O2/c1-11-5-18(19(25)26)31-33(11)20-15(12-6-13(9-27-8-12)21(34)32-35-2)10-28-22(30-20)29-14-3-4-17(24)16(23)7-14/h3-10,19H,1-2H3,(H,32,34)(H,28,29,30). The molecule has 4 rings (SSSR count). The number of aromatic nitrogens is 5. The number of carbonyl (C=O) groups excluding carboxylic acids is 1. The lowest BCUT2D eigenvalue weighted by Gasteiger charge is -2.13. The average Bonchev–Trinajstić information content (AvgIpc) is 3.23. The van der Waals surface area contributed by atoms with Gasteiger partial charge in [-0.05, 0) is 37.3 Å². The van der Waals surface area contributed by atoms with Crippen LogP contribution in [-0.4, -0.2) is 37.7 Å². The summed E-state index contributed by atoms with van der Waals surface area (Å²) in [6, 6.07) is 6.72. The van der Waals surface area contributed by atoms with Crippen LogP contribution < -0.4 is 10.8 Å². The number of hydrogen-bond donors (Lipinski definition) is 2. The highest BCUT2D eigenvalue weighted by molar-refractivity contribution is 6.31. The van der Waals surface area contributed by atoms with Gasteiger partial charge in [0.05, 0.1) is 17.7 Å². The van der Waals surface area contributed by atoms with Crippen molar-refractivity contribution < 1.29 is 22.8 Å². The van der Waals surface area contributed by atoms with Crippen LogP contribution in [0.2, 0.25) is 5.02 Å². The lowest BCUT2D eigenvalue weighted by atomic mass is 10.1. The highest BCUT2D eigenvalue weighted by Gasteiger charge is 2.20. The van der Waals surface area contributed by atoms with Gasteiger partial charge in [-0.25, -0.2) is 28.3 Å². The maximum absolute atomic E-state index is 13.5. The number of benzene rings is 1. The Bertz CT molecular complexity index is 1400. The first-order chi connectivity index (χ1) is 16.8. The van der Waals surface area contributed by atoms with Crippen molar-refractivity contribution in [3.63, 3.8) is 0 Å². The van der Waals surface area contributed by atoms with Gasteiger partial charge in [-0.2, -0.15) is 10.1 Å². The second-order valence-electron chi connectivity index (χ2n) is 7.21. The predicted molar refractivity (Wildman–Crippen MR) is 121 cm³/mol. The van der Waals surface area contributed by atoms with E-state index in [1.807, 2.05) is 0 Å². The normalized spacial score (nSPS) is 11.1. The number of pyridine rings is 1. The summed E-state index contributed by atoms with van der Waals surface area (Å²) in [6.07, 6.45) is 1.43. The Hall–Kier alpha value is -4.03. The average molecular weight is 504 g/mol. The van der Waals surface area contributed by atoms with Crippen molar-refractivity contribution in [2.24, 2.45) is 0 Å². The molecule has 0 atom stereocenters. The molecule has 0 bridgehead atoms. The number of anilines is 2. The molecule has 9 nitrogen and oxygen atoms in total.